The predicted molar refractivity (Wildman–Crippen MR) is 133 cm³/mol. The van der Waals surface area contributed by atoms with Crippen molar-refractivity contribution in [2.45, 2.75) is 63.8 Å². The van der Waals surface area contributed by atoms with E-state index in [9.17, 15) is 4.79 Å². The Kier molecular flexibility index (Phi) is 7.30. The third-order valence-electron chi connectivity index (χ3n) is 7.80. The third-order valence-corrected chi connectivity index (χ3v) is 7.80. The molecular formula is C29H38N2O2. The van der Waals surface area contributed by atoms with Crippen molar-refractivity contribution in [3.63, 3.8) is 0 Å². The number of benzene rings is 2. The number of likely N-dealkylation sites (tertiary alicyclic amines) is 1. The SMILES string of the molecule is O=C(NC1CCCC1)[C@@H]1C[C@H](COc2ccc3c(c2)CCC3)CN(CCc2ccccc2)C1. The van der Waals surface area contributed by atoms with Crippen LogP contribution < -0.4 is 10.1 Å². The normalized spacial score (nSPS) is 23.4. The third kappa shape index (κ3) is 5.97. The summed E-state index contributed by atoms with van der Waals surface area (Å²) in [4.78, 5) is 15.6. The Balaban J connectivity index is 1.21. The number of carbonyl (C=O) groups is 1. The van der Waals surface area contributed by atoms with Crippen LogP contribution in [0.3, 0.4) is 0 Å². The number of hydrogen-bond donors (Lipinski definition) is 1. The van der Waals surface area contributed by atoms with Crippen LogP contribution in [0.25, 0.3) is 0 Å². The van der Waals surface area contributed by atoms with E-state index >= 15 is 0 Å². The van der Waals surface area contributed by atoms with Gasteiger partial charge in [-0.05, 0) is 73.8 Å². The molecule has 176 valence electrons. The summed E-state index contributed by atoms with van der Waals surface area (Å²) >= 11 is 0. The molecule has 2 atom stereocenters. The smallest absolute Gasteiger partial charge is 0.224 e. The number of nitrogens with zero attached hydrogens (tertiary/aromatic N) is 1. The van der Waals surface area contributed by atoms with Crippen LogP contribution in [0, 0.1) is 11.8 Å². The lowest BCUT2D eigenvalue weighted by Crippen LogP contribution is -2.49. The van der Waals surface area contributed by atoms with Crippen LogP contribution >= 0.6 is 0 Å². The molecule has 3 aliphatic rings. The molecule has 1 saturated carbocycles. The fourth-order valence-corrected chi connectivity index (χ4v) is 5.97. The Morgan fingerprint density at radius 3 is 2.64 bits per heavy atom. The molecule has 0 spiro atoms. The Morgan fingerprint density at radius 2 is 1.79 bits per heavy atom. The molecule has 2 aliphatic carbocycles. The van der Waals surface area contributed by atoms with Gasteiger partial charge >= 0.3 is 0 Å². The number of carbonyl (C=O) groups excluding carboxylic acids is 1. The minimum absolute atomic E-state index is 0.0590. The first-order valence-corrected chi connectivity index (χ1v) is 13.0. The highest BCUT2D eigenvalue weighted by Gasteiger charge is 2.33. The van der Waals surface area contributed by atoms with E-state index in [1.54, 1.807) is 0 Å². The average Bonchev–Trinajstić information content (AvgIpc) is 3.53. The van der Waals surface area contributed by atoms with E-state index in [1.165, 1.54) is 48.8 Å². The van der Waals surface area contributed by atoms with Crippen LogP contribution in [-0.2, 0) is 24.1 Å². The molecule has 4 heteroatoms. The molecule has 1 heterocycles. The Morgan fingerprint density at radius 1 is 0.970 bits per heavy atom. The van der Waals surface area contributed by atoms with Gasteiger partial charge in [0.2, 0.25) is 5.91 Å². The Bertz CT molecular complexity index is 922. The summed E-state index contributed by atoms with van der Waals surface area (Å²) in [7, 11) is 0. The molecular weight excluding hydrogens is 408 g/mol. The monoisotopic (exact) mass is 446 g/mol. The van der Waals surface area contributed by atoms with Crippen LogP contribution in [0.2, 0.25) is 0 Å². The van der Waals surface area contributed by atoms with Crippen LogP contribution in [0.5, 0.6) is 5.75 Å². The van der Waals surface area contributed by atoms with Crippen molar-refractivity contribution in [3.05, 3.63) is 65.2 Å². The number of nitrogens with one attached hydrogen (secondary N) is 1. The zero-order chi connectivity index (χ0) is 22.5. The molecule has 1 saturated heterocycles. The first-order chi connectivity index (χ1) is 16.2. The number of ether oxygens (including phenoxy) is 1. The van der Waals surface area contributed by atoms with Crippen LogP contribution in [0.15, 0.2) is 48.5 Å². The van der Waals surface area contributed by atoms with Crippen molar-refractivity contribution in [1.82, 2.24) is 10.2 Å². The predicted octanol–water partition coefficient (Wildman–Crippen LogP) is 4.79. The molecule has 2 aromatic carbocycles. The fraction of sp³-hybridized carbons (Fsp3) is 0.552. The van der Waals surface area contributed by atoms with Crippen LogP contribution in [-0.4, -0.2) is 43.1 Å². The highest BCUT2D eigenvalue weighted by molar-refractivity contribution is 5.79. The van der Waals surface area contributed by atoms with Gasteiger partial charge < -0.3 is 15.0 Å². The minimum atomic E-state index is 0.0590. The summed E-state index contributed by atoms with van der Waals surface area (Å²) in [5, 5.41) is 3.36. The molecule has 0 unspecified atom stereocenters. The molecule has 1 amide bonds. The minimum Gasteiger partial charge on any atom is -0.493 e. The maximum absolute atomic E-state index is 13.1. The first-order valence-electron chi connectivity index (χ1n) is 13.0. The van der Waals surface area contributed by atoms with Gasteiger partial charge in [0.05, 0.1) is 12.5 Å². The number of aryl methyl sites for hydroxylation is 2. The van der Waals surface area contributed by atoms with E-state index in [2.05, 4.69) is 58.7 Å². The van der Waals surface area contributed by atoms with E-state index in [0.717, 1.165) is 51.1 Å². The van der Waals surface area contributed by atoms with Crippen LogP contribution in [0.1, 0.15) is 55.2 Å². The second-order valence-electron chi connectivity index (χ2n) is 10.4. The van der Waals surface area contributed by atoms with Crippen LogP contribution in [0.4, 0.5) is 0 Å². The lowest BCUT2D eigenvalue weighted by Gasteiger charge is -2.37. The second-order valence-corrected chi connectivity index (χ2v) is 10.4. The molecule has 0 aromatic heterocycles. The highest BCUT2D eigenvalue weighted by Crippen LogP contribution is 2.28. The molecule has 5 rings (SSSR count). The summed E-state index contributed by atoms with van der Waals surface area (Å²) in [5.74, 6) is 1.68. The van der Waals surface area contributed by atoms with Crippen molar-refractivity contribution in [2.75, 3.05) is 26.2 Å². The van der Waals surface area contributed by atoms with E-state index in [4.69, 9.17) is 4.74 Å². The second kappa shape index (κ2) is 10.7. The summed E-state index contributed by atoms with van der Waals surface area (Å²) in [6.45, 7) is 3.55. The summed E-state index contributed by atoms with van der Waals surface area (Å²) in [5.41, 5.74) is 4.30. The molecule has 1 N–H and O–H groups in total. The highest BCUT2D eigenvalue weighted by atomic mass is 16.5. The van der Waals surface area contributed by atoms with Gasteiger partial charge in [-0.2, -0.15) is 0 Å². The largest absolute Gasteiger partial charge is 0.493 e. The molecule has 4 nitrogen and oxygen atoms in total. The number of hydrogen-bond acceptors (Lipinski definition) is 3. The molecule has 0 radical (unpaired) electrons. The molecule has 2 fully saturated rings. The van der Waals surface area contributed by atoms with Gasteiger partial charge in [-0.15, -0.1) is 0 Å². The van der Waals surface area contributed by atoms with Crippen molar-refractivity contribution < 1.29 is 9.53 Å². The number of rotatable bonds is 8. The average molecular weight is 447 g/mol. The zero-order valence-electron chi connectivity index (χ0n) is 19.8. The molecule has 0 bridgehead atoms. The summed E-state index contributed by atoms with van der Waals surface area (Å²) in [6, 6.07) is 17.7. The molecule has 1 aliphatic heterocycles. The van der Waals surface area contributed by atoms with Gasteiger partial charge in [0.1, 0.15) is 5.75 Å². The van der Waals surface area contributed by atoms with Crippen molar-refractivity contribution in [1.29, 1.82) is 0 Å². The fourth-order valence-electron chi connectivity index (χ4n) is 5.97. The van der Waals surface area contributed by atoms with Crippen molar-refractivity contribution >= 4 is 5.91 Å². The van der Waals surface area contributed by atoms with Crippen molar-refractivity contribution in [2.24, 2.45) is 11.8 Å². The number of fused-ring (bicyclic) bond motifs is 1. The Labute approximate surface area is 198 Å². The maximum atomic E-state index is 13.1. The van der Waals surface area contributed by atoms with Gasteiger partial charge in [-0.25, -0.2) is 0 Å². The first kappa shape index (κ1) is 22.5. The maximum Gasteiger partial charge on any atom is 0.224 e. The Hall–Kier alpha value is -2.33. The number of amides is 1. The van der Waals surface area contributed by atoms with E-state index in [-0.39, 0.29) is 11.8 Å². The molecule has 33 heavy (non-hydrogen) atoms. The lowest BCUT2D eigenvalue weighted by atomic mass is 9.88. The summed E-state index contributed by atoms with van der Waals surface area (Å²) in [6.07, 6.45) is 10.4. The zero-order valence-corrected chi connectivity index (χ0v) is 19.8. The lowest BCUT2D eigenvalue weighted by molar-refractivity contribution is -0.128. The van der Waals surface area contributed by atoms with Gasteiger partial charge in [-0.3, -0.25) is 4.79 Å². The van der Waals surface area contributed by atoms with E-state index < -0.39 is 0 Å². The van der Waals surface area contributed by atoms with E-state index in [1.807, 2.05) is 0 Å². The standard InChI is InChI=1S/C29H38N2O2/c32-29(30-27-11-4-5-12-27)26-17-23(19-31(20-26)16-15-22-7-2-1-3-8-22)21-33-28-14-13-24-9-6-10-25(24)18-28/h1-3,7-8,13-14,18,23,26-27H,4-6,9-12,15-17,19-21H2,(H,30,32)/t23-,26+/m0/s1. The summed E-state index contributed by atoms with van der Waals surface area (Å²) < 4.78 is 6.29. The quantitative estimate of drug-likeness (QED) is 0.634. The van der Waals surface area contributed by atoms with Gasteiger partial charge in [0, 0.05) is 31.6 Å². The van der Waals surface area contributed by atoms with Crippen molar-refractivity contribution in [3.8, 4) is 5.75 Å². The topological polar surface area (TPSA) is 41.6 Å². The molecule has 2 aromatic rings. The number of piperidine rings is 1. The van der Waals surface area contributed by atoms with Gasteiger partial charge in [-0.1, -0.05) is 49.2 Å². The van der Waals surface area contributed by atoms with E-state index in [0.29, 0.717) is 18.6 Å². The van der Waals surface area contributed by atoms with Gasteiger partial charge in [0.15, 0.2) is 0 Å². The van der Waals surface area contributed by atoms with Gasteiger partial charge in [0.25, 0.3) is 0 Å².